The van der Waals surface area contributed by atoms with E-state index in [0.717, 1.165) is 25.7 Å². The number of nitrogens with zero attached hydrogens (tertiary/aromatic N) is 1. The summed E-state index contributed by atoms with van der Waals surface area (Å²) in [5, 5.41) is 5.89. The predicted octanol–water partition coefficient (Wildman–Crippen LogP) is 4.29. The Bertz CT molecular complexity index is 1060. The minimum absolute atomic E-state index is 0.278. The maximum Gasteiger partial charge on any atom is 0.239 e. The molecule has 3 aromatic rings. The van der Waals surface area contributed by atoms with Gasteiger partial charge in [-0.3, -0.25) is 4.79 Å². The zero-order valence-electron chi connectivity index (χ0n) is 15.3. The lowest BCUT2D eigenvalue weighted by Gasteiger charge is -2.15. The van der Waals surface area contributed by atoms with Gasteiger partial charge in [-0.2, -0.15) is 4.31 Å². The molecule has 1 heterocycles. The molecule has 7 heteroatoms. The van der Waals surface area contributed by atoms with Crippen molar-refractivity contribution in [3.63, 3.8) is 0 Å². The van der Waals surface area contributed by atoms with Crippen LogP contribution in [0.3, 0.4) is 0 Å². The van der Waals surface area contributed by atoms with E-state index in [4.69, 9.17) is 0 Å². The van der Waals surface area contributed by atoms with Crippen LogP contribution in [0.5, 0.6) is 0 Å². The Labute approximate surface area is 169 Å². The lowest BCUT2D eigenvalue weighted by Crippen LogP contribution is -2.33. The fourth-order valence-electron chi connectivity index (χ4n) is 2.55. The first-order valence-electron chi connectivity index (χ1n) is 8.58. The number of carbonyl (C=O) groups is 1. The number of hydrogen-bond acceptors (Lipinski definition) is 4. The van der Waals surface area contributed by atoms with Gasteiger partial charge < -0.3 is 5.32 Å². The van der Waals surface area contributed by atoms with Crippen molar-refractivity contribution in [2.75, 3.05) is 18.9 Å². The molecule has 0 aliphatic carbocycles. The summed E-state index contributed by atoms with van der Waals surface area (Å²) in [6.45, 7) is -0.278. The number of hydrogen-bond donors (Lipinski definition) is 1. The van der Waals surface area contributed by atoms with E-state index < -0.39 is 15.9 Å². The summed E-state index contributed by atoms with van der Waals surface area (Å²) in [7, 11) is -2.32. The summed E-state index contributed by atoms with van der Waals surface area (Å²) >= 11 is 1.57. The Morgan fingerprint density at radius 1 is 1.04 bits per heavy atom. The van der Waals surface area contributed by atoms with Crippen molar-refractivity contribution in [3.8, 4) is 10.4 Å². The lowest BCUT2D eigenvalue weighted by molar-refractivity contribution is -0.116. The highest BCUT2D eigenvalue weighted by atomic mass is 32.2. The lowest BCUT2D eigenvalue weighted by atomic mass is 10.1. The van der Waals surface area contributed by atoms with Gasteiger partial charge in [0, 0.05) is 28.6 Å². The largest absolute Gasteiger partial charge is 0.324 e. The molecule has 5 nitrogen and oxygen atoms in total. The Morgan fingerprint density at radius 2 is 1.75 bits per heavy atom. The fraction of sp³-hybridized carbons (Fsp3) is 0.0952. The van der Waals surface area contributed by atoms with Crippen LogP contribution in [0.2, 0.25) is 0 Å². The second-order valence-electron chi connectivity index (χ2n) is 6.09. The van der Waals surface area contributed by atoms with E-state index in [-0.39, 0.29) is 6.54 Å². The van der Waals surface area contributed by atoms with Crippen molar-refractivity contribution in [1.82, 2.24) is 4.31 Å². The Balaban J connectivity index is 1.67. The third-order valence-electron chi connectivity index (χ3n) is 4.02. The molecule has 28 heavy (non-hydrogen) atoms. The summed E-state index contributed by atoms with van der Waals surface area (Å²) in [4.78, 5) is 13.5. The normalized spacial score (nSPS) is 11.8. The number of amides is 1. The number of anilines is 1. The van der Waals surface area contributed by atoms with E-state index in [2.05, 4.69) is 5.32 Å². The molecule has 0 radical (unpaired) electrons. The Hall–Kier alpha value is -2.74. The van der Waals surface area contributed by atoms with Crippen LogP contribution >= 0.6 is 11.3 Å². The average molecular weight is 413 g/mol. The molecule has 2 aromatic carbocycles. The standard InChI is InChI=1S/C21H20N2O3S2/c1-23(28(25,26)15-13-17-8-3-2-4-9-17)16-21(24)22-19-11-6-5-10-18(19)20-12-7-14-27-20/h2-15H,16H2,1H3,(H,22,24)/b15-13+. The quantitative estimate of drug-likeness (QED) is 0.630. The zero-order valence-corrected chi connectivity index (χ0v) is 16.9. The van der Waals surface area contributed by atoms with Crippen LogP contribution < -0.4 is 5.32 Å². The van der Waals surface area contributed by atoms with Gasteiger partial charge in [0.1, 0.15) is 0 Å². The highest BCUT2D eigenvalue weighted by molar-refractivity contribution is 7.92. The van der Waals surface area contributed by atoms with Gasteiger partial charge in [-0.15, -0.1) is 11.3 Å². The van der Waals surface area contributed by atoms with Crippen molar-refractivity contribution in [3.05, 3.63) is 83.1 Å². The Kier molecular flexibility index (Phi) is 6.41. The summed E-state index contributed by atoms with van der Waals surface area (Å²) < 4.78 is 25.8. The zero-order chi connectivity index (χ0) is 20.0. The minimum Gasteiger partial charge on any atom is -0.324 e. The van der Waals surface area contributed by atoms with E-state index in [1.807, 2.05) is 53.9 Å². The molecular formula is C21H20N2O3S2. The van der Waals surface area contributed by atoms with Crippen molar-refractivity contribution < 1.29 is 13.2 Å². The molecule has 0 fully saturated rings. The fourth-order valence-corrected chi connectivity index (χ4v) is 4.15. The minimum atomic E-state index is -3.71. The number of rotatable bonds is 7. The van der Waals surface area contributed by atoms with E-state index in [0.29, 0.717) is 5.69 Å². The molecule has 144 valence electrons. The molecule has 0 bridgehead atoms. The van der Waals surface area contributed by atoms with Gasteiger partial charge in [0.15, 0.2) is 0 Å². The van der Waals surface area contributed by atoms with Gasteiger partial charge >= 0.3 is 0 Å². The van der Waals surface area contributed by atoms with Crippen molar-refractivity contribution in [2.24, 2.45) is 0 Å². The molecule has 0 aliphatic heterocycles. The number of likely N-dealkylation sites (N-methyl/N-ethyl adjacent to an activating group) is 1. The monoisotopic (exact) mass is 412 g/mol. The maximum atomic E-state index is 12.4. The molecule has 1 aromatic heterocycles. The average Bonchev–Trinajstić information content (AvgIpc) is 3.22. The maximum absolute atomic E-state index is 12.4. The van der Waals surface area contributed by atoms with Crippen molar-refractivity contribution >= 4 is 39.0 Å². The van der Waals surface area contributed by atoms with Crippen molar-refractivity contribution in [1.29, 1.82) is 0 Å². The van der Waals surface area contributed by atoms with E-state index >= 15 is 0 Å². The van der Waals surface area contributed by atoms with Gasteiger partial charge in [-0.05, 0) is 29.2 Å². The Morgan fingerprint density at radius 3 is 2.46 bits per heavy atom. The van der Waals surface area contributed by atoms with E-state index in [9.17, 15) is 13.2 Å². The molecule has 0 aliphatic rings. The van der Waals surface area contributed by atoms with Crippen molar-refractivity contribution in [2.45, 2.75) is 0 Å². The summed E-state index contributed by atoms with van der Waals surface area (Å²) in [5.41, 5.74) is 2.33. The van der Waals surface area contributed by atoms with E-state index in [1.54, 1.807) is 29.5 Å². The van der Waals surface area contributed by atoms with E-state index in [1.165, 1.54) is 13.1 Å². The molecule has 0 atom stereocenters. The molecule has 0 saturated heterocycles. The van der Waals surface area contributed by atoms with Gasteiger partial charge in [0.05, 0.1) is 6.54 Å². The highest BCUT2D eigenvalue weighted by Crippen LogP contribution is 2.31. The smallest absolute Gasteiger partial charge is 0.239 e. The first-order valence-corrected chi connectivity index (χ1v) is 11.0. The topological polar surface area (TPSA) is 66.5 Å². The number of nitrogens with one attached hydrogen (secondary N) is 1. The molecular weight excluding hydrogens is 392 g/mol. The van der Waals surface area contributed by atoms with Gasteiger partial charge in [-0.1, -0.05) is 54.6 Å². The second-order valence-corrected chi connectivity index (χ2v) is 8.96. The van der Waals surface area contributed by atoms with Crippen LogP contribution in [0.15, 0.2) is 77.5 Å². The first-order chi connectivity index (χ1) is 13.5. The third-order valence-corrected chi connectivity index (χ3v) is 6.40. The van der Waals surface area contributed by atoms with Gasteiger partial charge in [-0.25, -0.2) is 8.42 Å². The number of sulfonamides is 1. The molecule has 0 spiro atoms. The second kappa shape index (κ2) is 8.97. The number of para-hydroxylation sites is 1. The molecule has 0 saturated carbocycles. The highest BCUT2D eigenvalue weighted by Gasteiger charge is 2.18. The summed E-state index contributed by atoms with van der Waals surface area (Å²) in [6.07, 6.45) is 1.51. The molecule has 0 unspecified atom stereocenters. The van der Waals surface area contributed by atoms with Crippen LogP contribution in [0.25, 0.3) is 16.5 Å². The first kappa shape index (κ1) is 20.0. The van der Waals surface area contributed by atoms with Crippen LogP contribution in [-0.2, 0) is 14.8 Å². The third kappa shape index (κ3) is 5.16. The predicted molar refractivity (Wildman–Crippen MR) is 115 cm³/mol. The summed E-state index contributed by atoms with van der Waals surface area (Å²) in [5.74, 6) is -0.400. The number of benzene rings is 2. The SMILES string of the molecule is CN(CC(=O)Nc1ccccc1-c1cccs1)S(=O)(=O)/C=C/c1ccccc1. The molecule has 1 N–H and O–H groups in total. The van der Waals surface area contributed by atoms with Crippen LogP contribution in [0.4, 0.5) is 5.69 Å². The molecule has 3 rings (SSSR count). The van der Waals surface area contributed by atoms with Crippen LogP contribution in [0.1, 0.15) is 5.56 Å². The molecule has 1 amide bonds. The van der Waals surface area contributed by atoms with Crippen LogP contribution in [-0.4, -0.2) is 32.2 Å². The summed E-state index contributed by atoms with van der Waals surface area (Å²) in [6, 6.07) is 20.5. The number of thiophene rings is 1. The van der Waals surface area contributed by atoms with Gasteiger partial charge in [0.2, 0.25) is 15.9 Å². The van der Waals surface area contributed by atoms with Crippen LogP contribution in [0, 0.1) is 0 Å². The van der Waals surface area contributed by atoms with Gasteiger partial charge in [0.25, 0.3) is 0 Å². The number of carbonyl (C=O) groups excluding carboxylic acids is 1.